The molecule has 6 nitrogen and oxygen atoms in total. The normalized spacial score (nSPS) is 11.7. The third-order valence-corrected chi connectivity index (χ3v) is 5.14. The van der Waals surface area contributed by atoms with Crippen LogP contribution in [0.15, 0.2) is 54.6 Å². The van der Waals surface area contributed by atoms with E-state index in [2.05, 4.69) is 29.4 Å². The zero-order valence-electron chi connectivity index (χ0n) is 18.9. The van der Waals surface area contributed by atoms with Crippen molar-refractivity contribution in [2.24, 2.45) is 0 Å². The van der Waals surface area contributed by atoms with Gasteiger partial charge in [0.15, 0.2) is 0 Å². The molecule has 31 heavy (non-hydrogen) atoms. The van der Waals surface area contributed by atoms with Crippen LogP contribution in [-0.2, 0) is 11.2 Å². The second-order valence-electron chi connectivity index (χ2n) is 7.41. The van der Waals surface area contributed by atoms with Crippen LogP contribution >= 0.6 is 0 Å². The molecular formula is C25H35N3O3. The summed E-state index contributed by atoms with van der Waals surface area (Å²) in [5.74, 6) is 0.371. The summed E-state index contributed by atoms with van der Waals surface area (Å²) in [6, 6.07) is 16.0. The van der Waals surface area contributed by atoms with E-state index in [1.54, 1.807) is 24.3 Å². The van der Waals surface area contributed by atoms with E-state index in [1.807, 2.05) is 37.3 Å². The number of nitrogens with zero attached hydrogens (tertiary/aromatic N) is 1. The lowest BCUT2D eigenvalue weighted by Gasteiger charge is -2.19. The number of benzene rings is 2. The maximum absolute atomic E-state index is 12.6. The van der Waals surface area contributed by atoms with E-state index in [4.69, 9.17) is 4.74 Å². The highest BCUT2D eigenvalue weighted by Crippen LogP contribution is 2.14. The van der Waals surface area contributed by atoms with Crippen LogP contribution in [0.4, 0.5) is 0 Å². The molecule has 6 heteroatoms. The molecule has 0 aromatic heterocycles. The van der Waals surface area contributed by atoms with Crippen LogP contribution in [0.25, 0.3) is 0 Å². The number of ether oxygens (including phenoxy) is 1. The standard InChI is InChI=1S/C25H35N3O3/c1-4-16-26-25(30)23(27-24(29)21-10-8-7-9-11-21)19-20-12-14-22(15-13-20)31-18-17-28(5-2)6-3/h7-15,23H,4-6,16-19H2,1-3H3,(H,26,30)(H,27,29)/t23-/m0/s1. The fourth-order valence-electron chi connectivity index (χ4n) is 3.20. The average molecular weight is 426 g/mol. The Kier molecular flexibility index (Phi) is 10.6. The minimum Gasteiger partial charge on any atom is -0.492 e. The van der Waals surface area contributed by atoms with E-state index >= 15 is 0 Å². The largest absolute Gasteiger partial charge is 0.492 e. The Labute approximate surface area is 186 Å². The Morgan fingerprint density at radius 2 is 1.65 bits per heavy atom. The Morgan fingerprint density at radius 1 is 0.968 bits per heavy atom. The smallest absolute Gasteiger partial charge is 0.251 e. The summed E-state index contributed by atoms with van der Waals surface area (Å²) in [6.45, 7) is 10.4. The van der Waals surface area contributed by atoms with Crippen LogP contribution in [0.1, 0.15) is 43.1 Å². The van der Waals surface area contributed by atoms with E-state index < -0.39 is 6.04 Å². The van der Waals surface area contributed by atoms with Gasteiger partial charge in [-0.2, -0.15) is 0 Å². The van der Waals surface area contributed by atoms with Crippen molar-refractivity contribution in [3.63, 3.8) is 0 Å². The van der Waals surface area contributed by atoms with Gasteiger partial charge < -0.3 is 20.3 Å². The first-order chi connectivity index (χ1) is 15.1. The summed E-state index contributed by atoms with van der Waals surface area (Å²) in [5.41, 5.74) is 1.49. The van der Waals surface area contributed by atoms with Gasteiger partial charge >= 0.3 is 0 Å². The number of carbonyl (C=O) groups excluding carboxylic acids is 2. The van der Waals surface area contributed by atoms with Gasteiger partial charge in [-0.3, -0.25) is 9.59 Å². The lowest BCUT2D eigenvalue weighted by atomic mass is 10.0. The molecule has 0 unspecified atom stereocenters. The molecule has 0 aliphatic heterocycles. The van der Waals surface area contributed by atoms with Crippen molar-refractivity contribution in [2.75, 3.05) is 32.8 Å². The molecule has 1 atom stereocenters. The molecule has 0 heterocycles. The van der Waals surface area contributed by atoms with E-state index in [1.165, 1.54) is 0 Å². The Balaban J connectivity index is 1.99. The Morgan fingerprint density at radius 3 is 2.26 bits per heavy atom. The van der Waals surface area contributed by atoms with Crippen LogP contribution < -0.4 is 15.4 Å². The van der Waals surface area contributed by atoms with Gasteiger partial charge in [0.25, 0.3) is 5.91 Å². The summed E-state index contributed by atoms with van der Waals surface area (Å²) in [7, 11) is 0. The minimum atomic E-state index is -0.645. The number of nitrogens with one attached hydrogen (secondary N) is 2. The van der Waals surface area contributed by atoms with Gasteiger partial charge in [-0.05, 0) is 49.3 Å². The van der Waals surface area contributed by atoms with Crippen molar-refractivity contribution in [3.8, 4) is 5.75 Å². The van der Waals surface area contributed by atoms with E-state index in [9.17, 15) is 9.59 Å². The van der Waals surface area contributed by atoms with E-state index in [0.29, 0.717) is 25.1 Å². The maximum atomic E-state index is 12.6. The number of hydrogen-bond donors (Lipinski definition) is 2. The van der Waals surface area contributed by atoms with Gasteiger partial charge in [-0.1, -0.05) is 51.1 Å². The zero-order valence-corrected chi connectivity index (χ0v) is 18.9. The number of amides is 2. The van der Waals surface area contributed by atoms with Crippen LogP contribution in [0, 0.1) is 0 Å². The summed E-state index contributed by atoms with van der Waals surface area (Å²) >= 11 is 0. The third kappa shape index (κ3) is 8.42. The topological polar surface area (TPSA) is 70.7 Å². The van der Waals surface area contributed by atoms with Crippen molar-refractivity contribution < 1.29 is 14.3 Å². The van der Waals surface area contributed by atoms with Gasteiger partial charge in [-0.25, -0.2) is 0 Å². The molecule has 0 saturated carbocycles. The number of rotatable bonds is 13. The van der Waals surface area contributed by atoms with Crippen LogP contribution in [0.2, 0.25) is 0 Å². The molecule has 2 N–H and O–H groups in total. The monoisotopic (exact) mass is 425 g/mol. The highest BCUT2D eigenvalue weighted by molar-refractivity contribution is 5.97. The number of hydrogen-bond acceptors (Lipinski definition) is 4. The number of carbonyl (C=O) groups is 2. The molecule has 2 aromatic carbocycles. The van der Waals surface area contributed by atoms with Crippen LogP contribution in [0.5, 0.6) is 5.75 Å². The Hall–Kier alpha value is -2.86. The predicted molar refractivity (Wildman–Crippen MR) is 124 cm³/mol. The van der Waals surface area contributed by atoms with E-state index in [-0.39, 0.29) is 11.8 Å². The van der Waals surface area contributed by atoms with Gasteiger partial charge in [0.2, 0.25) is 5.91 Å². The molecule has 2 aromatic rings. The minimum absolute atomic E-state index is 0.175. The van der Waals surface area contributed by atoms with Gasteiger partial charge in [0.05, 0.1) is 0 Å². The summed E-state index contributed by atoms with van der Waals surface area (Å²) in [4.78, 5) is 27.5. The van der Waals surface area contributed by atoms with Gasteiger partial charge in [-0.15, -0.1) is 0 Å². The van der Waals surface area contributed by atoms with Crippen molar-refractivity contribution in [2.45, 2.75) is 39.7 Å². The quantitative estimate of drug-likeness (QED) is 0.517. The molecule has 168 valence electrons. The van der Waals surface area contributed by atoms with Gasteiger partial charge in [0, 0.05) is 25.1 Å². The lowest BCUT2D eigenvalue weighted by Crippen LogP contribution is -2.48. The molecule has 0 saturated heterocycles. The molecule has 0 radical (unpaired) electrons. The van der Waals surface area contributed by atoms with Crippen LogP contribution in [0.3, 0.4) is 0 Å². The fraction of sp³-hybridized carbons (Fsp3) is 0.440. The summed E-state index contributed by atoms with van der Waals surface area (Å²) in [5, 5.41) is 5.76. The first-order valence-electron chi connectivity index (χ1n) is 11.1. The molecule has 0 fully saturated rings. The second kappa shape index (κ2) is 13.4. The first kappa shape index (κ1) is 24.4. The highest BCUT2D eigenvalue weighted by Gasteiger charge is 2.21. The summed E-state index contributed by atoms with van der Waals surface area (Å²) < 4.78 is 5.83. The molecule has 2 rings (SSSR count). The molecule has 2 amide bonds. The van der Waals surface area contributed by atoms with Crippen molar-refractivity contribution in [1.29, 1.82) is 0 Å². The molecular weight excluding hydrogens is 390 g/mol. The zero-order chi connectivity index (χ0) is 22.5. The van der Waals surface area contributed by atoms with Crippen LogP contribution in [-0.4, -0.2) is 55.5 Å². The lowest BCUT2D eigenvalue weighted by molar-refractivity contribution is -0.122. The summed E-state index contributed by atoms with van der Waals surface area (Å²) in [6.07, 6.45) is 1.25. The SMILES string of the molecule is CCCNC(=O)[C@H](Cc1ccc(OCCN(CC)CC)cc1)NC(=O)c1ccccc1. The first-order valence-corrected chi connectivity index (χ1v) is 11.1. The van der Waals surface area contributed by atoms with Crippen molar-refractivity contribution in [1.82, 2.24) is 15.5 Å². The van der Waals surface area contributed by atoms with Crippen molar-refractivity contribution in [3.05, 3.63) is 65.7 Å². The number of likely N-dealkylation sites (N-methyl/N-ethyl adjacent to an activating group) is 1. The third-order valence-electron chi connectivity index (χ3n) is 5.14. The average Bonchev–Trinajstić information content (AvgIpc) is 2.81. The molecule has 0 spiro atoms. The van der Waals surface area contributed by atoms with Crippen molar-refractivity contribution >= 4 is 11.8 Å². The molecule has 0 aliphatic rings. The molecule has 0 aliphatic carbocycles. The molecule has 0 bridgehead atoms. The maximum Gasteiger partial charge on any atom is 0.251 e. The van der Waals surface area contributed by atoms with E-state index in [0.717, 1.165) is 37.4 Å². The highest BCUT2D eigenvalue weighted by atomic mass is 16.5. The Bertz CT molecular complexity index is 789. The fourth-order valence-corrected chi connectivity index (χ4v) is 3.20. The second-order valence-corrected chi connectivity index (χ2v) is 7.41. The van der Waals surface area contributed by atoms with Gasteiger partial charge in [0.1, 0.15) is 18.4 Å². The predicted octanol–water partition coefficient (Wildman–Crippen LogP) is 3.27.